The first kappa shape index (κ1) is 21.1. The molecule has 1 N–H and O–H groups in total. The summed E-state index contributed by atoms with van der Waals surface area (Å²) in [6, 6.07) is 20.4. The Morgan fingerprint density at radius 1 is 1.00 bits per heavy atom. The van der Waals surface area contributed by atoms with Crippen LogP contribution in [0.4, 0.5) is 11.4 Å². The number of amides is 1. The van der Waals surface area contributed by atoms with Crippen LogP contribution in [-0.4, -0.2) is 20.9 Å². The summed E-state index contributed by atoms with van der Waals surface area (Å²) >= 11 is 0. The summed E-state index contributed by atoms with van der Waals surface area (Å²) in [5.74, 6) is -0.165. The van der Waals surface area contributed by atoms with Crippen LogP contribution in [0.1, 0.15) is 39.0 Å². The van der Waals surface area contributed by atoms with E-state index in [1.807, 2.05) is 56.3 Å². The normalized spacial score (nSPS) is 13.5. The molecule has 1 heterocycles. The quantitative estimate of drug-likeness (QED) is 0.625. The Bertz CT molecular complexity index is 1220. The zero-order valence-electron chi connectivity index (χ0n) is 17.8. The predicted molar refractivity (Wildman–Crippen MR) is 125 cm³/mol. The van der Waals surface area contributed by atoms with E-state index >= 15 is 0 Å². The van der Waals surface area contributed by atoms with Gasteiger partial charge in [0.25, 0.3) is 5.91 Å². The molecule has 4 rings (SSSR count). The summed E-state index contributed by atoms with van der Waals surface area (Å²) in [7, 11) is -3.60. The van der Waals surface area contributed by atoms with E-state index in [1.165, 1.54) is 0 Å². The van der Waals surface area contributed by atoms with Crippen LogP contribution in [-0.2, 0) is 22.2 Å². The first-order chi connectivity index (χ1) is 14.8. The smallest absolute Gasteiger partial charge is 0.258 e. The monoisotopic (exact) mass is 434 g/mol. The number of carbonyl (C=O) groups excluding carboxylic acids is 1. The van der Waals surface area contributed by atoms with E-state index in [9.17, 15) is 13.2 Å². The summed E-state index contributed by atoms with van der Waals surface area (Å²) in [4.78, 5) is 14.8. The second-order valence-corrected chi connectivity index (χ2v) is 9.78. The number of hydrogen-bond donors (Lipinski definition) is 1. The Morgan fingerprint density at radius 2 is 1.77 bits per heavy atom. The Hall–Kier alpha value is -3.12. The van der Waals surface area contributed by atoms with Gasteiger partial charge in [0.1, 0.15) is 0 Å². The van der Waals surface area contributed by atoms with Gasteiger partial charge in [-0.1, -0.05) is 48.0 Å². The maximum Gasteiger partial charge on any atom is 0.258 e. The van der Waals surface area contributed by atoms with Crippen LogP contribution in [0, 0.1) is 13.8 Å². The molecule has 0 saturated heterocycles. The van der Waals surface area contributed by atoms with Gasteiger partial charge in [-0.05, 0) is 67.6 Å². The fourth-order valence-electron chi connectivity index (χ4n) is 3.96. The Morgan fingerprint density at radius 3 is 2.55 bits per heavy atom. The minimum atomic E-state index is -3.60. The molecule has 1 aliphatic rings. The van der Waals surface area contributed by atoms with E-state index < -0.39 is 10.0 Å². The fraction of sp³-hybridized carbons (Fsp3) is 0.240. The summed E-state index contributed by atoms with van der Waals surface area (Å²) in [5, 5.41) is 0. The molecule has 0 atom stereocenters. The van der Waals surface area contributed by atoms with Crippen molar-refractivity contribution >= 4 is 27.3 Å². The zero-order chi connectivity index (χ0) is 22.0. The molecule has 0 bridgehead atoms. The van der Waals surface area contributed by atoms with Gasteiger partial charge >= 0.3 is 0 Å². The van der Waals surface area contributed by atoms with Gasteiger partial charge in [-0.2, -0.15) is 0 Å². The van der Waals surface area contributed by atoms with Crippen molar-refractivity contribution in [3.8, 4) is 0 Å². The average Bonchev–Trinajstić information content (AvgIpc) is 2.75. The van der Waals surface area contributed by atoms with Crippen molar-refractivity contribution in [2.45, 2.75) is 32.4 Å². The topological polar surface area (TPSA) is 66.5 Å². The number of nitrogens with zero attached hydrogens (tertiary/aromatic N) is 1. The lowest BCUT2D eigenvalue weighted by Crippen LogP contribution is -2.35. The van der Waals surface area contributed by atoms with Crippen LogP contribution in [0.2, 0.25) is 0 Å². The third-order valence-electron chi connectivity index (χ3n) is 5.59. The molecule has 1 aliphatic heterocycles. The highest BCUT2D eigenvalue weighted by molar-refractivity contribution is 7.91. The number of nitrogens with one attached hydrogen (secondary N) is 1. The standard InChI is InChI=1S/C25H26N2O3S/c1-18-10-11-19(2)22(15-18)17-31(29,30)26-23-13-12-20-9-6-14-27(24(20)16-23)25(28)21-7-4-3-5-8-21/h3-5,7-8,10-13,15-16,26H,6,9,14,17H2,1-2H3. The van der Waals surface area contributed by atoms with Crippen molar-refractivity contribution in [2.75, 3.05) is 16.2 Å². The van der Waals surface area contributed by atoms with Crippen molar-refractivity contribution in [3.63, 3.8) is 0 Å². The minimum absolute atomic E-state index is 0.0723. The number of fused-ring (bicyclic) bond motifs is 1. The number of rotatable bonds is 5. The minimum Gasteiger partial charge on any atom is -0.308 e. The molecule has 0 spiro atoms. The number of sulfonamides is 1. The van der Waals surface area contributed by atoms with Crippen LogP contribution in [0.5, 0.6) is 0 Å². The average molecular weight is 435 g/mol. The zero-order valence-corrected chi connectivity index (χ0v) is 18.6. The van der Waals surface area contributed by atoms with E-state index in [0.29, 0.717) is 17.8 Å². The highest BCUT2D eigenvalue weighted by Gasteiger charge is 2.24. The lowest BCUT2D eigenvalue weighted by atomic mass is 10.00. The maximum atomic E-state index is 13.1. The first-order valence-corrected chi connectivity index (χ1v) is 12.0. The molecule has 0 aromatic heterocycles. The van der Waals surface area contributed by atoms with Crippen LogP contribution < -0.4 is 9.62 Å². The Labute approximate surface area is 183 Å². The van der Waals surface area contributed by atoms with E-state index in [0.717, 1.165) is 40.8 Å². The second-order valence-electron chi connectivity index (χ2n) is 8.06. The van der Waals surface area contributed by atoms with Crippen molar-refractivity contribution < 1.29 is 13.2 Å². The number of hydrogen-bond acceptors (Lipinski definition) is 3. The van der Waals surface area contributed by atoms with Gasteiger partial charge in [-0.3, -0.25) is 9.52 Å². The highest BCUT2D eigenvalue weighted by atomic mass is 32.2. The summed E-state index contributed by atoms with van der Waals surface area (Å²) in [6.07, 6.45) is 1.74. The first-order valence-electron chi connectivity index (χ1n) is 10.4. The molecule has 0 saturated carbocycles. The van der Waals surface area contributed by atoms with Crippen LogP contribution >= 0.6 is 0 Å². The maximum absolute atomic E-state index is 13.1. The molecule has 31 heavy (non-hydrogen) atoms. The van der Waals surface area contributed by atoms with Gasteiger partial charge in [0.15, 0.2) is 0 Å². The van der Waals surface area contributed by atoms with E-state index in [2.05, 4.69) is 4.72 Å². The summed E-state index contributed by atoms with van der Waals surface area (Å²) in [6.45, 7) is 4.47. The molecule has 160 valence electrons. The molecular weight excluding hydrogens is 408 g/mol. The molecule has 0 unspecified atom stereocenters. The van der Waals surface area contributed by atoms with Gasteiger partial charge < -0.3 is 4.90 Å². The van der Waals surface area contributed by atoms with Crippen molar-refractivity contribution in [1.29, 1.82) is 0 Å². The molecule has 0 aliphatic carbocycles. The third kappa shape index (κ3) is 4.80. The Balaban J connectivity index is 1.60. The molecule has 0 fully saturated rings. The van der Waals surface area contributed by atoms with Gasteiger partial charge in [0, 0.05) is 17.8 Å². The molecular formula is C25H26N2O3S. The van der Waals surface area contributed by atoms with Crippen LogP contribution in [0.25, 0.3) is 0 Å². The van der Waals surface area contributed by atoms with Gasteiger partial charge in [0.05, 0.1) is 11.4 Å². The molecule has 1 amide bonds. The van der Waals surface area contributed by atoms with Crippen molar-refractivity contribution in [1.82, 2.24) is 0 Å². The molecule has 3 aromatic carbocycles. The third-order valence-corrected chi connectivity index (χ3v) is 6.83. The molecule has 0 radical (unpaired) electrons. The summed E-state index contributed by atoms with van der Waals surface area (Å²) in [5.41, 5.74) is 5.67. The largest absolute Gasteiger partial charge is 0.308 e. The van der Waals surface area contributed by atoms with Crippen molar-refractivity contribution in [2.24, 2.45) is 0 Å². The highest BCUT2D eigenvalue weighted by Crippen LogP contribution is 2.32. The molecule has 3 aromatic rings. The lowest BCUT2D eigenvalue weighted by molar-refractivity contribution is 0.0985. The van der Waals surface area contributed by atoms with E-state index in [4.69, 9.17) is 0 Å². The number of carbonyl (C=O) groups is 1. The SMILES string of the molecule is Cc1ccc(C)c(CS(=O)(=O)Nc2ccc3c(c2)N(C(=O)c2ccccc2)CCC3)c1. The van der Waals surface area contributed by atoms with Gasteiger partial charge in [0.2, 0.25) is 10.0 Å². The van der Waals surface area contributed by atoms with Crippen molar-refractivity contribution in [3.05, 3.63) is 94.5 Å². The molecule has 5 nitrogen and oxygen atoms in total. The summed E-state index contributed by atoms with van der Waals surface area (Å²) < 4.78 is 28.4. The van der Waals surface area contributed by atoms with Crippen LogP contribution in [0.15, 0.2) is 66.7 Å². The van der Waals surface area contributed by atoms with E-state index in [1.54, 1.807) is 29.2 Å². The fourth-order valence-corrected chi connectivity index (χ4v) is 5.24. The number of aryl methyl sites for hydroxylation is 3. The number of anilines is 2. The lowest BCUT2D eigenvalue weighted by Gasteiger charge is -2.30. The second kappa shape index (κ2) is 8.55. The van der Waals surface area contributed by atoms with Gasteiger partial charge in [-0.25, -0.2) is 8.42 Å². The van der Waals surface area contributed by atoms with Gasteiger partial charge in [-0.15, -0.1) is 0 Å². The predicted octanol–water partition coefficient (Wildman–Crippen LogP) is 4.84. The molecule has 6 heteroatoms. The number of benzene rings is 3. The van der Waals surface area contributed by atoms with E-state index in [-0.39, 0.29) is 11.7 Å². The van der Waals surface area contributed by atoms with Crippen LogP contribution in [0.3, 0.4) is 0 Å². The Kier molecular flexibility index (Phi) is 5.83.